The zero-order valence-corrected chi connectivity index (χ0v) is 13.0. The molecule has 0 spiro atoms. The first kappa shape index (κ1) is 16.6. The van der Waals surface area contributed by atoms with E-state index in [2.05, 4.69) is 16.0 Å². The lowest BCUT2D eigenvalue weighted by Gasteiger charge is -2.16. The lowest BCUT2D eigenvalue weighted by Crippen LogP contribution is -2.48. The summed E-state index contributed by atoms with van der Waals surface area (Å²) in [5, 5.41) is 7.32. The molecule has 1 aromatic carbocycles. The van der Waals surface area contributed by atoms with Crippen LogP contribution < -0.4 is 25.4 Å². The molecular formula is C15H19N3O5. The number of imide groups is 1. The Kier molecular flexibility index (Phi) is 5.40. The van der Waals surface area contributed by atoms with Crippen LogP contribution in [0.2, 0.25) is 0 Å². The first-order valence-electron chi connectivity index (χ1n) is 7.12. The van der Waals surface area contributed by atoms with Crippen LogP contribution in [0, 0.1) is 0 Å². The molecule has 4 amide bonds. The number of hydrogen-bond donors (Lipinski definition) is 3. The Morgan fingerprint density at radius 3 is 2.78 bits per heavy atom. The number of rotatable bonds is 5. The van der Waals surface area contributed by atoms with Crippen molar-refractivity contribution in [3.05, 3.63) is 23.8 Å². The van der Waals surface area contributed by atoms with Gasteiger partial charge in [-0.15, -0.1) is 0 Å². The minimum atomic E-state index is -0.745. The van der Waals surface area contributed by atoms with Crippen LogP contribution in [0.25, 0.3) is 0 Å². The van der Waals surface area contributed by atoms with E-state index in [4.69, 9.17) is 9.47 Å². The second kappa shape index (κ2) is 7.48. The van der Waals surface area contributed by atoms with Gasteiger partial charge in [0.2, 0.25) is 11.8 Å². The Labute approximate surface area is 133 Å². The quantitative estimate of drug-likeness (QED) is 0.724. The molecule has 1 atom stereocenters. The van der Waals surface area contributed by atoms with Crippen LogP contribution in [0.1, 0.15) is 18.4 Å². The van der Waals surface area contributed by atoms with Crippen LogP contribution in [0.15, 0.2) is 18.2 Å². The number of carbonyl (C=O) groups is 3. The average Bonchev–Trinajstić information content (AvgIpc) is 2.72. The largest absolute Gasteiger partial charge is 0.497 e. The molecule has 23 heavy (non-hydrogen) atoms. The highest BCUT2D eigenvalue weighted by atomic mass is 16.5. The Morgan fingerprint density at radius 2 is 2.09 bits per heavy atom. The predicted octanol–water partition coefficient (Wildman–Crippen LogP) is 0.308. The summed E-state index contributed by atoms with van der Waals surface area (Å²) in [6, 6.07) is 3.87. The third-order valence-electron chi connectivity index (χ3n) is 3.48. The van der Waals surface area contributed by atoms with E-state index in [1.165, 1.54) is 7.11 Å². The van der Waals surface area contributed by atoms with E-state index >= 15 is 0 Å². The maximum atomic E-state index is 12.2. The van der Waals surface area contributed by atoms with Crippen molar-refractivity contribution in [1.82, 2.24) is 16.0 Å². The van der Waals surface area contributed by atoms with Crippen LogP contribution in [-0.2, 0) is 16.1 Å². The zero-order chi connectivity index (χ0) is 16.8. The SMILES string of the molecule is COc1ccc(CNC(=O)C2CCC(=O)NC(=O)N2)c(OC)c1. The molecule has 8 nitrogen and oxygen atoms in total. The lowest BCUT2D eigenvalue weighted by molar-refractivity contribution is -0.123. The van der Waals surface area contributed by atoms with Gasteiger partial charge in [-0.2, -0.15) is 0 Å². The van der Waals surface area contributed by atoms with Crippen LogP contribution in [0.5, 0.6) is 11.5 Å². The summed E-state index contributed by atoms with van der Waals surface area (Å²) in [6.07, 6.45) is 0.367. The molecule has 2 rings (SSSR count). The maximum absolute atomic E-state index is 12.2. The van der Waals surface area contributed by atoms with Gasteiger partial charge in [0, 0.05) is 24.6 Å². The molecule has 0 radical (unpaired) electrons. The van der Waals surface area contributed by atoms with E-state index in [9.17, 15) is 14.4 Å². The number of carbonyl (C=O) groups excluding carboxylic acids is 3. The third kappa shape index (κ3) is 4.35. The van der Waals surface area contributed by atoms with Crippen molar-refractivity contribution in [2.45, 2.75) is 25.4 Å². The maximum Gasteiger partial charge on any atom is 0.322 e. The smallest absolute Gasteiger partial charge is 0.322 e. The first-order valence-corrected chi connectivity index (χ1v) is 7.12. The van der Waals surface area contributed by atoms with Crippen molar-refractivity contribution in [3.63, 3.8) is 0 Å². The Morgan fingerprint density at radius 1 is 1.30 bits per heavy atom. The number of nitrogens with one attached hydrogen (secondary N) is 3. The summed E-state index contributed by atoms with van der Waals surface area (Å²) >= 11 is 0. The molecule has 8 heteroatoms. The van der Waals surface area contributed by atoms with Crippen molar-refractivity contribution in [1.29, 1.82) is 0 Å². The van der Waals surface area contributed by atoms with E-state index in [1.807, 2.05) is 0 Å². The van der Waals surface area contributed by atoms with Crippen LogP contribution in [-0.4, -0.2) is 38.1 Å². The highest BCUT2D eigenvalue weighted by molar-refractivity contribution is 5.98. The molecule has 1 aliphatic heterocycles. The third-order valence-corrected chi connectivity index (χ3v) is 3.48. The molecular weight excluding hydrogens is 302 g/mol. The monoisotopic (exact) mass is 321 g/mol. The minimum absolute atomic E-state index is 0.114. The molecule has 0 aliphatic carbocycles. The second-order valence-electron chi connectivity index (χ2n) is 5.01. The molecule has 3 N–H and O–H groups in total. The predicted molar refractivity (Wildman–Crippen MR) is 81.1 cm³/mol. The van der Waals surface area contributed by atoms with Crippen LogP contribution in [0.4, 0.5) is 4.79 Å². The van der Waals surface area contributed by atoms with Gasteiger partial charge < -0.3 is 20.1 Å². The fourth-order valence-electron chi connectivity index (χ4n) is 2.23. The number of amides is 4. The van der Waals surface area contributed by atoms with Gasteiger partial charge in [-0.3, -0.25) is 14.9 Å². The van der Waals surface area contributed by atoms with Gasteiger partial charge >= 0.3 is 6.03 Å². The molecule has 0 aromatic heterocycles. The van der Waals surface area contributed by atoms with E-state index < -0.39 is 18.0 Å². The molecule has 1 unspecified atom stereocenters. The number of ether oxygens (including phenoxy) is 2. The summed E-state index contributed by atoms with van der Waals surface area (Å²) in [5.74, 6) is 0.492. The van der Waals surface area contributed by atoms with Crippen molar-refractivity contribution in [3.8, 4) is 11.5 Å². The molecule has 124 valence electrons. The number of methoxy groups -OCH3 is 2. The summed E-state index contributed by atoms with van der Waals surface area (Å²) in [5.41, 5.74) is 0.774. The molecule has 1 saturated heterocycles. The molecule has 0 saturated carbocycles. The van der Waals surface area contributed by atoms with Gasteiger partial charge in [-0.25, -0.2) is 4.79 Å². The molecule has 1 aliphatic rings. The molecule has 0 bridgehead atoms. The Bertz CT molecular complexity index is 617. The van der Waals surface area contributed by atoms with Crippen LogP contribution >= 0.6 is 0 Å². The fourth-order valence-corrected chi connectivity index (χ4v) is 2.23. The Balaban J connectivity index is 1.98. The number of urea groups is 1. The van der Waals surface area contributed by atoms with E-state index in [0.29, 0.717) is 11.5 Å². The van der Waals surface area contributed by atoms with Gasteiger partial charge in [-0.05, 0) is 18.6 Å². The highest BCUT2D eigenvalue weighted by Crippen LogP contribution is 2.24. The Hall–Kier alpha value is -2.77. The zero-order valence-electron chi connectivity index (χ0n) is 13.0. The second-order valence-corrected chi connectivity index (χ2v) is 5.01. The molecule has 1 fully saturated rings. The van der Waals surface area contributed by atoms with Gasteiger partial charge in [0.05, 0.1) is 14.2 Å². The van der Waals surface area contributed by atoms with Crippen molar-refractivity contribution in [2.24, 2.45) is 0 Å². The van der Waals surface area contributed by atoms with Gasteiger partial charge in [0.1, 0.15) is 17.5 Å². The van der Waals surface area contributed by atoms with Gasteiger partial charge in [-0.1, -0.05) is 0 Å². The van der Waals surface area contributed by atoms with Gasteiger partial charge in [0.15, 0.2) is 0 Å². The van der Waals surface area contributed by atoms with Crippen LogP contribution in [0.3, 0.4) is 0 Å². The van der Waals surface area contributed by atoms with Crippen molar-refractivity contribution in [2.75, 3.05) is 14.2 Å². The standard InChI is InChI=1S/C15H19N3O5/c1-22-10-4-3-9(12(7-10)23-2)8-16-14(20)11-5-6-13(19)18-15(21)17-11/h3-4,7,11H,5-6,8H2,1-2H3,(H,16,20)(H2,17,18,19,21). The summed E-state index contributed by atoms with van der Waals surface area (Å²) in [6.45, 7) is 0.236. The van der Waals surface area contributed by atoms with Crippen molar-refractivity contribution < 1.29 is 23.9 Å². The topological polar surface area (TPSA) is 106 Å². The normalized spacial score (nSPS) is 17.6. The summed E-state index contributed by atoms with van der Waals surface area (Å²) in [4.78, 5) is 34.8. The minimum Gasteiger partial charge on any atom is -0.497 e. The van der Waals surface area contributed by atoms with E-state index in [0.717, 1.165) is 5.56 Å². The molecule has 1 aromatic rings. The van der Waals surface area contributed by atoms with Crippen molar-refractivity contribution >= 4 is 17.8 Å². The first-order chi connectivity index (χ1) is 11.0. The number of benzene rings is 1. The average molecular weight is 321 g/mol. The van der Waals surface area contributed by atoms with E-state index in [-0.39, 0.29) is 25.3 Å². The van der Waals surface area contributed by atoms with Gasteiger partial charge in [0.25, 0.3) is 0 Å². The summed E-state index contributed by atoms with van der Waals surface area (Å²) in [7, 11) is 3.09. The number of hydrogen-bond acceptors (Lipinski definition) is 5. The fraction of sp³-hybridized carbons (Fsp3) is 0.400. The lowest BCUT2D eigenvalue weighted by atomic mass is 10.1. The summed E-state index contributed by atoms with van der Waals surface area (Å²) < 4.78 is 10.4. The highest BCUT2D eigenvalue weighted by Gasteiger charge is 2.25. The molecule has 1 heterocycles. The van der Waals surface area contributed by atoms with E-state index in [1.54, 1.807) is 25.3 Å².